The van der Waals surface area contributed by atoms with Gasteiger partial charge in [-0.3, -0.25) is 0 Å². The quantitative estimate of drug-likeness (QED) is 0.640. The van der Waals surface area contributed by atoms with Gasteiger partial charge in [-0.2, -0.15) is 0 Å². The van der Waals surface area contributed by atoms with Crippen LogP contribution in [-0.4, -0.2) is 59.1 Å². The number of likely N-dealkylation sites (tertiary alicyclic amines) is 1. The zero-order valence-electron chi connectivity index (χ0n) is 18.9. The lowest BCUT2D eigenvalue weighted by atomic mass is 10.2. The van der Waals surface area contributed by atoms with E-state index < -0.39 is 0 Å². The van der Waals surface area contributed by atoms with Gasteiger partial charge in [-0.1, -0.05) is 0 Å². The van der Waals surface area contributed by atoms with Crippen molar-refractivity contribution in [3.05, 3.63) is 34.8 Å². The number of carbonyl (C=O) groups is 1. The third kappa shape index (κ3) is 5.57. The van der Waals surface area contributed by atoms with Gasteiger partial charge in [-0.05, 0) is 70.8 Å². The Labute approximate surface area is 189 Å². The summed E-state index contributed by atoms with van der Waals surface area (Å²) in [4.78, 5) is 22.8. The standard InChI is InChI=1S/C24H34N4O2S/c1-17(2)25-24(29)28-14-11-21-22(16-28)31-23(26-21)19-7-9-20(10-8-19)30-15-5-13-27-12-4-6-18(27)3/h7-10,17-18H,4-6,11-16H2,1-3H3,(H,25,29). The molecular formula is C24H34N4O2S. The molecule has 2 aliphatic rings. The summed E-state index contributed by atoms with van der Waals surface area (Å²) in [6.07, 6.45) is 4.53. The van der Waals surface area contributed by atoms with Gasteiger partial charge in [0, 0.05) is 42.0 Å². The number of rotatable bonds is 7. The van der Waals surface area contributed by atoms with E-state index in [9.17, 15) is 4.79 Å². The molecule has 4 rings (SSSR count). The van der Waals surface area contributed by atoms with Crippen LogP contribution in [-0.2, 0) is 13.0 Å². The summed E-state index contributed by atoms with van der Waals surface area (Å²) in [5.41, 5.74) is 2.24. The summed E-state index contributed by atoms with van der Waals surface area (Å²) in [6, 6.07) is 9.14. The number of amides is 2. The molecule has 1 saturated heterocycles. The van der Waals surface area contributed by atoms with Crippen molar-refractivity contribution in [3.63, 3.8) is 0 Å². The number of aromatic nitrogens is 1. The third-order valence-electron chi connectivity index (χ3n) is 6.08. The first-order valence-corrected chi connectivity index (χ1v) is 12.3. The zero-order valence-corrected chi connectivity index (χ0v) is 19.7. The lowest BCUT2D eigenvalue weighted by Gasteiger charge is -2.27. The van der Waals surface area contributed by atoms with Crippen LogP contribution in [0.15, 0.2) is 24.3 Å². The zero-order chi connectivity index (χ0) is 21.8. The van der Waals surface area contributed by atoms with E-state index in [-0.39, 0.29) is 12.1 Å². The molecule has 3 heterocycles. The fraction of sp³-hybridized carbons (Fsp3) is 0.583. The second-order valence-electron chi connectivity index (χ2n) is 8.92. The van der Waals surface area contributed by atoms with Gasteiger partial charge in [0.05, 0.1) is 18.8 Å². The SMILES string of the molecule is CC(C)NC(=O)N1CCc2nc(-c3ccc(OCCCN4CCCC4C)cc3)sc2C1. The molecule has 0 aliphatic carbocycles. The number of ether oxygens (including phenoxy) is 1. The number of hydrogen-bond donors (Lipinski definition) is 1. The van der Waals surface area contributed by atoms with Gasteiger partial charge in [0.15, 0.2) is 0 Å². The second-order valence-corrected chi connectivity index (χ2v) is 10.0. The van der Waals surface area contributed by atoms with Crippen LogP contribution in [0.3, 0.4) is 0 Å². The van der Waals surface area contributed by atoms with Crippen molar-refractivity contribution in [2.24, 2.45) is 0 Å². The van der Waals surface area contributed by atoms with Crippen LogP contribution >= 0.6 is 11.3 Å². The van der Waals surface area contributed by atoms with Crippen LogP contribution in [0.4, 0.5) is 4.79 Å². The Bertz CT molecular complexity index is 880. The average Bonchev–Trinajstić information content (AvgIpc) is 3.36. The predicted octanol–water partition coefficient (Wildman–Crippen LogP) is 4.54. The third-order valence-corrected chi connectivity index (χ3v) is 7.21. The van der Waals surface area contributed by atoms with E-state index in [1.54, 1.807) is 11.3 Å². The van der Waals surface area contributed by atoms with Crippen molar-refractivity contribution in [1.29, 1.82) is 0 Å². The summed E-state index contributed by atoms with van der Waals surface area (Å²) in [7, 11) is 0. The number of hydrogen-bond acceptors (Lipinski definition) is 5. The van der Waals surface area contributed by atoms with Crippen LogP contribution in [0.2, 0.25) is 0 Å². The maximum Gasteiger partial charge on any atom is 0.317 e. The van der Waals surface area contributed by atoms with Crippen LogP contribution in [0.25, 0.3) is 10.6 Å². The van der Waals surface area contributed by atoms with Crippen LogP contribution in [0.1, 0.15) is 50.6 Å². The minimum atomic E-state index is 0.0105. The molecule has 2 aliphatic heterocycles. The second kappa shape index (κ2) is 10.0. The Morgan fingerprint density at radius 2 is 2.10 bits per heavy atom. The number of thiazole rings is 1. The van der Waals surface area contributed by atoms with Crippen molar-refractivity contribution in [1.82, 2.24) is 20.1 Å². The van der Waals surface area contributed by atoms with E-state index in [2.05, 4.69) is 29.3 Å². The van der Waals surface area contributed by atoms with Crippen LogP contribution < -0.4 is 10.1 Å². The minimum absolute atomic E-state index is 0.0105. The summed E-state index contributed by atoms with van der Waals surface area (Å²) >= 11 is 1.69. The number of nitrogens with zero attached hydrogens (tertiary/aromatic N) is 3. The van der Waals surface area contributed by atoms with Gasteiger partial charge in [-0.15, -0.1) is 11.3 Å². The summed E-state index contributed by atoms with van der Waals surface area (Å²) in [5, 5.41) is 4.00. The first-order chi connectivity index (χ1) is 15.0. The van der Waals surface area contributed by atoms with Gasteiger partial charge in [0.1, 0.15) is 10.8 Å². The van der Waals surface area contributed by atoms with Crippen molar-refractivity contribution < 1.29 is 9.53 Å². The Kier molecular flexibility index (Phi) is 7.13. The van der Waals surface area contributed by atoms with Gasteiger partial charge < -0.3 is 19.9 Å². The van der Waals surface area contributed by atoms with Crippen molar-refractivity contribution in [3.8, 4) is 16.3 Å². The summed E-state index contributed by atoms with van der Waals surface area (Å²) in [6.45, 7) is 10.8. The molecule has 0 radical (unpaired) electrons. The smallest absolute Gasteiger partial charge is 0.317 e. The number of benzene rings is 1. The van der Waals surface area contributed by atoms with Crippen LogP contribution in [0, 0.1) is 0 Å². The summed E-state index contributed by atoms with van der Waals surface area (Å²) in [5.74, 6) is 0.913. The number of carbonyl (C=O) groups excluding carboxylic acids is 1. The van der Waals surface area contributed by atoms with E-state index in [0.717, 1.165) is 60.6 Å². The normalized spacial score (nSPS) is 19.0. The Hall–Kier alpha value is -2.12. The van der Waals surface area contributed by atoms with Crippen molar-refractivity contribution in [2.75, 3.05) is 26.2 Å². The maximum absolute atomic E-state index is 12.3. The summed E-state index contributed by atoms with van der Waals surface area (Å²) < 4.78 is 5.95. The van der Waals surface area contributed by atoms with E-state index in [1.807, 2.05) is 30.9 Å². The average molecular weight is 443 g/mol. The fourth-order valence-electron chi connectivity index (χ4n) is 4.31. The van der Waals surface area contributed by atoms with E-state index in [1.165, 1.54) is 24.3 Å². The molecule has 0 spiro atoms. The molecule has 1 aromatic carbocycles. The molecular weight excluding hydrogens is 408 g/mol. The highest BCUT2D eigenvalue weighted by molar-refractivity contribution is 7.15. The van der Waals surface area contributed by atoms with E-state index in [0.29, 0.717) is 6.54 Å². The van der Waals surface area contributed by atoms with E-state index >= 15 is 0 Å². The molecule has 1 fully saturated rings. The highest BCUT2D eigenvalue weighted by atomic mass is 32.1. The van der Waals surface area contributed by atoms with Crippen molar-refractivity contribution >= 4 is 17.4 Å². The van der Waals surface area contributed by atoms with Gasteiger partial charge in [-0.25, -0.2) is 9.78 Å². The minimum Gasteiger partial charge on any atom is -0.494 e. The number of nitrogens with one attached hydrogen (secondary N) is 1. The van der Waals surface area contributed by atoms with Crippen LogP contribution in [0.5, 0.6) is 5.75 Å². The molecule has 1 atom stereocenters. The largest absolute Gasteiger partial charge is 0.494 e. The lowest BCUT2D eigenvalue weighted by Crippen LogP contribution is -2.44. The first kappa shape index (κ1) is 22.1. The Morgan fingerprint density at radius 1 is 1.29 bits per heavy atom. The molecule has 1 aromatic heterocycles. The molecule has 7 heteroatoms. The predicted molar refractivity (Wildman–Crippen MR) is 126 cm³/mol. The molecule has 1 N–H and O–H groups in total. The molecule has 0 bridgehead atoms. The number of urea groups is 1. The molecule has 2 amide bonds. The Balaban J connectivity index is 1.29. The lowest BCUT2D eigenvalue weighted by molar-refractivity contribution is 0.190. The molecule has 2 aromatic rings. The van der Waals surface area contributed by atoms with Gasteiger partial charge in [0.2, 0.25) is 0 Å². The van der Waals surface area contributed by atoms with Crippen molar-refractivity contribution in [2.45, 2.75) is 65.1 Å². The van der Waals surface area contributed by atoms with Gasteiger partial charge in [0.25, 0.3) is 0 Å². The highest BCUT2D eigenvalue weighted by Crippen LogP contribution is 2.32. The monoisotopic (exact) mass is 442 g/mol. The van der Waals surface area contributed by atoms with E-state index in [4.69, 9.17) is 9.72 Å². The first-order valence-electron chi connectivity index (χ1n) is 11.5. The molecule has 0 saturated carbocycles. The fourth-order valence-corrected chi connectivity index (χ4v) is 5.44. The molecule has 6 nitrogen and oxygen atoms in total. The molecule has 31 heavy (non-hydrogen) atoms. The Morgan fingerprint density at radius 3 is 2.81 bits per heavy atom. The van der Waals surface area contributed by atoms with Gasteiger partial charge >= 0.3 is 6.03 Å². The highest BCUT2D eigenvalue weighted by Gasteiger charge is 2.24. The number of fused-ring (bicyclic) bond motifs is 1. The molecule has 168 valence electrons. The molecule has 1 unspecified atom stereocenters. The topological polar surface area (TPSA) is 57.7 Å². The maximum atomic E-state index is 12.3.